The van der Waals surface area contributed by atoms with Crippen LogP contribution in [0.3, 0.4) is 0 Å². The van der Waals surface area contributed by atoms with E-state index in [1.54, 1.807) is 7.11 Å². The van der Waals surface area contributed by atoms with Crippen LogP contribution in [0.1, 0.15) is 50.5 Å². The maximum absolute atomic E-state index is 5.28. The maximum atomic E-state index is 5.28. The van der Waals surface area contributed by atoms with Gasteiger partial charge >= 0.3 is 0 Å². The minimum absolute atomic E-state index is 0.443. The van der Waals surface area contributed by atoms with Crippen LogP contribution in [0.15, 0.2) is 35.3 Å². The molecule has 1 heterocycles. The van der Waals surface area contributed by atoms with E-state index in [0.717, 1.165) is 38.6 Å². The molecule has 0 spiro atoms. The summed E-state index contributed by atoms with van der Waals surface area (Å²) in [6.07, 6.45) is 6.20. The molecule has 1 saturated heterocycles. The van der Waals surface area contributed by atoms with Gasteiger partial charge in [0.25, 0.3) is 0 Å². The number of rotatable bonds is 7. The maximum Gasteiger partial charge on any atom is 0.193 e. The second kappa shape index (κ2) is 8.90. The Morgan fingerprint density at radius 3 is 2.69 bits per heavy atom. The lowest BCUT2D eigenvalue weighted by atomic mass is 9.79. The zero-order chi connectivity index (χ0) is 18.4. The van der Waals surface area contributed by atoms with E-state index in [9.17, 15) is 0 Å². The van der Waals surface area contributed by atoms with E-state index in [0.29, 0.717) is 17.3 Å². The van der Waals surface area contributed by atoms with Crippen molar-refractivity contribution in [1.82, 2.24) is 10.2 Å². The van der Waals surface area contributed by atoms with Crippen LogP contribution >= 0.6 is 0 Å². The standard InChI is InChI=1S/C22H35N3O/c1-4-18-16-25(14-10-20(18)19-8-6-5-7-9-19)21(23-2)24-17-22(11-12-22)13-15-26-3/h5-9,18,20H,4,10-17H2,1-3H3,(H,23,24). The fraction of sp³-hybridized carbons (Fsp3) is 0.682. The number of nitrogens with one attached hydrogen (secondary N) is 1. The highest BCUT2D eigenvalue weighted by Gasteiger charge is 2.42. The third-order valence-corrected chi connectivity index (χ3v) is 6.41. The molecule has 4 heteroatoms. The fourth-order valence-corrected chi connectivity index (χ4v) is 4.39. The van der Waals surface area contributed by atoms with Crippen molar-refractivity contribution in [3.63, 3.8) is 0 Å². The summed E-state index contributed by atoms with van der Waals surface area (Å²) < 4.78 is 5.28. The number of hydrogen-bond donors (Lipinski definition) is 1. The molecule has 1 saturated carbocycles. The smallest absolute Gasteiger partial charge is 0.193 e. The molecule has 4 nitrogen and oxygen atoms in total. The normalized spacial score (nSPS) is 25.2. The van der Waals surface area contributed by atoms with Gasteiger partial charge in [-0.25, -0.2) is 0 Å². The summed E-state index contributed by atoms with van der Waals surface area (Å²) in [6.45, 7) is 6.39. The topological polar surface area (TPSA) is 36.9 Å². The van der Waals surface area contributed by atoms with Crippen LogP contribution in [0.2, 0.25) is 0 Å². The van der Waals surface area contributed by atoms with Crippen molar-refractivity contribution in [2.45, 2.75) is 44.9 Å². The minimum Gasteiger partial charge on any atom is -0.385 e. The zero-order valence-corrected chi connectivity index (χ0v) is 16.7. The van der Waals surface area contributed by atoms with E-state index in [1.165, 1.54) is 31.2 Å². The molecule has 1 N–H and O–H groups in total. The molecule has 0 bridgehead atoms. The third kappa shape index (κ3) is 4.59. The van der Waals surface area contributed by atoms with Gasteiger partial charge in [-0.05, 0) is 48.5 Å². The van der Waals surface area contributed by atoms with E-state index in [-0.39, 0.29) is 0 Å². The van der Waals surface area contributed by atoms with Gasteiger partial charge in [0.05, 0.1) is 0 Å². The quantitative estimate of drug-likeness (QED) is 0.594. The SMILES string of the molecule is CCC1CN(C(=NC)NCC2(CCOC)CC2)CCC1c1ccccc1. The Labute approximate surface area is 159 Å². The predicted molar refractivity (Wildman–Crippen MR) is 109 cm³/mol. The first-order valence-electron chi connectivity index (χ1n) is 10.2. The second-order valence-electron chi connectivity index (χ2n) is 8.06. The van der Waals surface area contributed by atoms with Crippen LogP contribution in [0.4, 0.5) is 0 Å². The number of aliphatic imine (C=N–C) groups is 1. The molecule has 0 amide bonds. The van der Waals surface area contributed by atoms with Gasteiger partial charge in [-0.2, -0.15) is 0 Å². The number of benzene rings is 1. The molecule has 26 heavy (non-hydrogen) atoms. The number of ether oxygens (including phenoxy) is 1. The molecular formula is C22H35N3O. The predicted octanol–water partition coefficient (Wildman–Crippen LogP) is 3.89. The first-order valence-corrected chi connectivity index (χ1v) is 10.2. The monoisotopic (exact) mass is 357 g/mol. The van der Waals surface area contributed by atoms with Crippen LogP contribution in [0.5, 0.6) is 0 Å². The van der Waals surface area contributed by atoms with E-state index in [4.69, 9.17) is 4.74 Å². The molecule has 2 fully saturated rings. The molecule has 2 aliphatic rings. The number of hydrogen-bond acceptors (Lipinski definition) is 2. The van der Waals surface area contributed by atoms with Crippen molar-refractivity contribution in [1.29, 1.82) is 0 Å². The lowest BCUT2D eigenvalue weighted by Crippen LogP contribution is -2.49. The van der Waals surface area contributed by atoms with Crippen LogP contribution < -0.4 is 5.32 Å². The summed E-state index contributed by atoms with van der Waals surface area (Å²) in [5.74, 6) is 2.44. The van der Waals surface area contributed by atoms with Crippen LogP contribution in [0, 0.1) is 11.3 Å². The highest BCUT2D eigenvalue weighted by atomic mass is 16.5. The Morgan fingerprint density at radius 2 is 2.08 bits per heavy atom. The lowest BCUT2D eigenvalue weighted by Gasteiger charge is -2.40. The van der Waals surface area contributed by atoms with Crippen molar-refractivity contribution in [2.75, 3.05) is 40.4 Å². The van der Waals surface area contributed by atoms with Gasteiger partial charge < -0.3 is 15.0 Å². The first kappa shape index (κ1) is 19.2. The summed E-state index contributed by atoms with van der Waals surface area (Å²) in [7, 11) is 3.71. The molecule has 2 atom stereocenters. The Balaban J connectivity index is 1.57. The number of nitrogens with zero attached hydrogens (tertiary/aromatic N) is 2. The van der Waals surface area contributed by atoms with Crippen LogP contribution in [0.25, 0.3) is 0 Å². The van der Waals surface area contributed by atoms with Crippen LogP contribution in [-0.4, -0.2) is 51.3 Å². The number of methoxy groups -OCH3 is 1. The van der Waals surface area contributed by atoms with Crippen molar-refractivity contribution < 1.29 is 4.74 Å². The van der Waals surface area contributed by atoms with Gasteiger partial charge in [-0.1, -0.05) is 43.7 Å². The molecule has 1 aliphatic heterocycles. The average molecular weight is 358 g/mol. The Kier molecular flexibility index (Phi) is 6.58. The van der Waals surface area contributed by atoms with Gasteiger partial charge in [0.2, 0.25) is 0 Å². The molecule has 0 radical (unpaired) electrons. The van der Waals surface area contributed by atoms with Gasteiger partial charge in [-0.15, -0.1) is 0 Å². The largest absolute Gasteiger partial charge is 0.385 e. The number of likely N-dealkylation sites (tertiary alicyclic amines) is 1. The van der Waals surface area contributed by atoms with Gasteiger partial charge in [0, 0.05) is 40.4 Å². The van der Waals surface area contributed by atoms with E-state index in [1.807, 2.05) is 7.05 Å². The summed E-state index contributed by atoms with van der Waals surface area (Å²) in [5, 5.41) is 3.67. The van der Waals surface area contributed by atoms with Crippen molar-refractivity contribution in [2.24, 2.45) is 16.3 Å². The third-order valence-electron chi connectivity index (χ3n) is 6.41. The molecule has 3 rings (SSSR count). The molecule has 2 unspecified atom stereocenters. The molecule has 1 aliphatic carbocycles. The minimum atomic E-state index is 0.443. The average Bonchev–Trinajstić information content (AvgIpc) is 3.47. The highest BCUT2D eigenvalue weighted by Crippen LogP contribution is 2.48. The lowest BCUT2D eigenvalue weighted by molar-refractivity contribution is 0.171. The molecule has 144 valence electrons. The molecule has 1 aromatic rings. The summed E-state index contributed by atoms with van der Waals surface area (Å²) in [4.78, 5) is 7.06. The van der Waals surface area contributed by atoms with E-state index < -0.39 is 0 Å². The van der Waals surface area contributed by atoms with Crippen molar-refractivity contribution in [3.8, 4) is 0 Å². The van der Waals surface area contributed by atoms with Gasteiger partial charge in [0.15, 0.2) is 5.96 Å². The Hall–Kier alpha value is -1.55. The van der Waals surface area contributed by atoms with E-state index >= 15 is 0 Å². The van der Waals surface area contributed by atoms with Crippen molar-refractivity contribution >= 4 is 5.96 Å². The highest BCUT2D eigenvalue weighted by molar-refractivity contribution is 5.80. The van der Waals surface area contributed by atoms with Gasteiger partial charge in [-0.3, -0.25) is 4.99 Å². The molecular weight excluding hydrogens is 322 g/mol. The van der Waals surface area contributed by atoms with Gasteiger partial charge in [0.1, 0.15) is 0 Å². The molecule has 0 aromatic heterocycles. The van der Waals surface area contributed by atoms with Crippen LogP contribution in [-0.2, 0) is 4.74 Å². The summed E-state index contributed by atoms with van der Waals surface area (Å²) in [5.41, 5.74) is 1.94. The van der Waals surface area contributed by atoms with E-state index in [2.05, 4.69) is 52.5 Å². The number of guanidine groups is 1. The Morgan fingerprint density at radius 1 is 1.31 bits per heavy atom. The summed E-state index contributed by atoms with van der Waals surface area (Å²) in [6, 6.07) is 11.0. The van der Waals surface area contributed by atoms with Crippen molar-refractivity contribution in [3.05, 3.63) is 35.9 Å². The fourth-order valence-electron chi connectivity index (χ4n) is 4.39. The zero-order valence-electron chi connectivity index (χ0n) is 16.7. The Bertz CT molecular complexity index is 582. The first-order chi connectivity index (χ1) is 12.7. The molecule has 1 aromatic carbocycles. The summed E-state index contributed by atoms with van der Waals surface area (Å²) >= 11 is 0. The number of piperidine rings is 1. The second-order valence-corrected chi connectivity index (χ2v) is 8.06.